The van der Waals surface area contributed by atoms with Crippen molar-refractivity contribution in [1.29, 1.82) is 0 Å². The fraction of sp³-hybridized carbons (Fsp3) is 0.625. The van der Waals surface area contributed by atoms with Gasteiger partial charge < -0.3 is 14.8 Å². The van der Waals surface area contributed by atoms with Crippen molar-refractivity contribution in [3.63, 3.8) is 0 Å². The highest BCUT2D eigenvalue weighted by Gasteiger charge is 2.20. The van der Waals surface area contributed by atoms with E-state index in [0.717, 1.165) is 47.8 Å². The topological polar surface area (TPSA) is 30.5 Å². The Balaban J connectivity index is 2.32. The maximum Gasteiger partial charge on any atom is 0.175 e. The van der Waals surface area contributed by atoms with Gasteiger partial charge in [0.15, 0.2) is 11.5 Å². The smallest absolute Gasteiger partial charge is 0.175 e. The third-order valence-corrected chi connectivity index (χ3v) is 4.96. The number of rotatable bonds is 5. The van der Waals surface area contributed by atoms with E-state index in [1.165, 1.54) is 24.0 Å². The molecule has 0 radical (unpaired) electrons. The fourth-order valence-corrected chi connectivity index (χ4v) is 3.89. The Morgan fingerprint density at radius 3 is 2.50 bits per heavy atom. The quantitative estimate of drug-likeness (QED) is 0.887. The molecule has 0 aromatic heterocycles. The van der Waals surface area contributed by atoms with E-state index in [1.54, 1.807) is 14.2 Å². The molecule has 4 heteroatoms. The van der Waals surface area contributed by atoms with Crippen LogP contribution in [-0.4, -0.2) is 27.3 Å². The molecule has 0 aliphatic carbocycles. The lowest BCUT2D eigenvalue weighted by Gasteiger charge is -2.25. The van der Waals surface area contributed by atoms with Gasteiger partial charge in [-0.25, -0.2) is 0 Å². The molecule has 112 valence electrons. The summed E-state index contributed by atoms with van der Waals surface area (Å²) < 4.78 is 12.0. The summed E-state index contributed by atoms with van der Waals surface area (Å²) in [7, 11) is 3.39. The van der Waals surface area contributed by atoms with Crippen LogP contribution < -0.4 is 14.8 Å². The van der Waals surface area contributed by atoms with Gasteiger partial charge in [0.1, 0.15) is 0 Å². The zero-order chi connectivity index (χ0) is 14.5. The Morgan fingerprint density at radius 1 is 1.25 bits per heavy atom. The summed E-state index contributed by atoms with van der Waals surface area (Å²) in [5.74, 6) is 2.39. The zero-order valence-electron chi connectivity index (χ0n) is 12.6. The van der Waals surface area contributed by atoms with Crippen LogP contribution in [0.5, 0.6) is 11.5 Å². The van der Waals surface area contributed by atoms with Gasteiger partial charge in [0.25, 0.3) is 0 Å². The van der Waals surface area contributed by atoms with Crippen LogP contribution in [0.1, 0.15) is 30.9 Å². The van der Waals surface area contributed by atoms with Crippen molar-refractivity contribution in [2.75, 3.05) is 27.3 Å². The number of benzene rings is 1. The maximum absolute atomic E-state index is 5.48. The van der Waals surface area contributed by atoms with Gasteiger partial charge in [0.05, 0.1) is 18.7 Å². The molecule has 1 fully saturated rings. The Hall–Kier alpha value is -0.740. The van der Waals surface area contributed by atoms with E-state index in [-0.39, 0.29) is 0 Å². The van der Waals surface area contributed by atoms with Gasteiger partial charge in [-0.3, -0.25) is 0 Å². The van der Waals surface area contributed by atoms with Gasteiger partial charge in [0.2, 0.25) is 0 Å². The summed E-state index contributed by atoms with van der Waals surface area (Å²) in [5, 5.41) is 3.43. The predicted octanol–water partition coefficient (Wildman–Crippen LogP) is 3.57. The normalized spacial score (nSPS) is 16.2. The SMILES string of the molecule is CCc1c(CC2CCNCC2)cc(OC)c(OC)c1Br. The number of hydrogen-bond donors (Lipinski definition) is 1. The van der Waals surface area contributed by atoms with Gasteiger partial charge in [-0.2, -0.15) is 0 Å². The molecule has 20 heavy (non-hydrogen) atoms. The third kappa shape index (κ3) is 3.29. The molecule has 0 saturated carbocycles. The molecular formula is C16H24BrNO2. The number of hydrogen-bond acceptors (Lipinski definition) is 3. The molecule has 1 N–H and O–H groups in total. The minimum absolute atomic E-state index is 0.770. The van der Waals surface area contributed by atoms with Crippen LogP contribution in [0.4, 0.5) is 0 Å². The van der Waals surface area contributed by atoms with E-state index in [9.17, 15) is 0 Å². The van der Waals surface area contributed by atoms with Crippen LogP contribution in [0.15, 0.2) is 10.5 Å². The van der Waals surface area contributed by atoms with Gasteiger partial charge in [-0.1, -0.05) is 6.92 Å². The summed E-state index contributed by atoms with van der Waals surface area (Å²) in [6, 6.07) is 2.16. The van der Waals surface area contributed by atoms with Gasteiger partial charge in [0, 0.05) is 0 Å². The second-order valence-corrected chi connectivity index (χ2v) is 6.11. The van der Waals surface area contributed by atoms with Crippen LogP contribution in [0, 0.1) is 5.92 Å². The molecule has 1 aromatic rings. The molecule has 0 spiro atoms. The molecule has 2 rings (SSSR count). The lowest BCUT2D eigenvalue weighted by Crippen LogP contribution is -2.28. The minimum Gasteiger partial charge on any atom is -0.493 e. The van der Waals surface area contributed by atoms with Crippen molar-refractivity contribution in [3.05, 3.63) is 21.7 Å². The first-order chi connectivity index (χ1) is 9.71. The molecule has 1 saturated heterocycles. The monoisotopic (exact) mass is 341 g/mol. The Morgan fingerprint density at radius 2 is 1.95 bits per heavy atom. The van der Waals surface area contributed by atoms with Crippen LogP contribution >= 0.6 is 15.9 Å². The second-order valence-electron chi connectivity index (χ2n) is 5.31. The average Bonchev–Trinajstić information content (AvgIpc) is 2.48. The van der Waals surface area contributed by atoms with E-state index in [2.05, 4.69) is 34.2 Å². The standard InChI is InChI=1S/C16H24BrNO2/c1-4-13-12(9-11-5-7-18-8-6-11)10-14(19-2)16(20-3)15(13)17/h10-11,18H,4-9H2,1-3H3. The fourth-order valence-electron chi connectivity index (χ4n) is 3.00. The first-order valence-electron chi connectivity index (χ1n) is 7.34. The molecular weight excluding hydrogens is 318 g/mol. The second kappa shape index (κ2) is 7.32. The highest BCUT2D eigenvalue weighted by molar-refractivity contribution is 9.10. The minimum atomic E-state index is 0.770. The summed E-state index contributed by atoms with van der Waals surface area (Å²) in [5.41, 5.74) is 2.74. The highest BCUT2D eigenvalue weighted by Crippen LogP contribution is 2.41. The number of nitrogens with one attached hydrogen (secondary N) is 1. The number of methoxy groups -OCH3 is 2. The zero-order valence-corrected chi connectivity index (χ0v) is 14.2. The van der Waals surface area contributed by atoms with Crippen LogP contribution in [0.3, 0.4) is 0 Å². The van der Waals surface area contributed by atoms with Gasteiger partial charge >= 0.3 is 0 Å². The number of piperidine rings is 1. The maximum atomic E-state index is 5.48. The van der Waals surface area contributed by atoms with Crippen LogP contribution in [0.2, 0.25) is 0 Å². The molecule has 1 aliphatic heterocycles. The summed E-state index contributed by atoms with van der Waals surface area (Å²) in [6.45, 7) is 4.47. The Bertz CT molecular complexity index is 456. The third-order valence-electron chi connectivity index (χ3n) is 4.13. The summed E-state index contributed by atoms with van der Waals surface area (Å²) >= 11 is 3.69. The van der Waals surface area contributed by atoms with Crippen LogP contribution in [-0.2, 0) is 12.8 Å². The van der Waals surface area contributed by atoms with E-state index in [4.69, 9.17) is 9.47 Å². The Labute approximate surface area is 130 Å². The molecule has 0 atom stereocenters. The molecule has 1 aliphatic rings. The van der Waals surface area contributed by atoms with E-state index in [1.807, 2.05) is 0 Å². The molecule has 0 bridgehead atoms. The highest BCUT2D eigenvalue weighted by atomic mass is 79.9. The van der Waals surface area contributed by atoms with Crippen LogP contribution in [0.25, 0.3) is 0 Å². The molecule has 0 unspecified atom stereocenters. The van der Waals surface area contributed by atoms with Crippen molar-refractivity contribution in [2.45, 2.75) is 32.6 Å². The van der Waals surface area contributed by atoms with Crippen molar-refractivity contribution < 1.29 is 9.47 Å². The lowest BCUT2D eigenvalue weighted by molar-refractivity contribution is 0.349. The number of ether oxygens (including phenoxy) is 2. The first kappa shape index (κ1) is 15.6. The molecule has 1 heterocycles. The molecule has 0 amide bonds. The summed E-state index contributed by atoms with van der Waals surface area (Å²) in [4.78, 5) is 0. The predicted molar refractivity (Wildman–Crippen MR) is 85.9 cm³/mol. The van der Waals surface area contributed by atoms with E-state index < -0.39 is 0 Å². The number of halogens is 1. The largest absolute Gasteiger partial charge is 0.493 e. The first-order valence-corrected chi connectivity index (χ1v) is 8.13. The van der Waals surface area contributed by atoms with Gasteiger partial charge in [-0.05, 0) is 77.8 Å². The van der Waals surface area contributed by atoms with Crippen molar-refractivity contribution in [2.24, 2.45) is 5.92 Å². The Kier molecular flexibility index (Phi) is 5.73. The lowest BCUT2D eigenvalue weighted by atomic mass is 9.88. The molecule has 3 nitrogen and oxygen atoms in total. The summed E-state index contributed by atoms with van der Waals surface area (Å²) in [6.07, 6.45) is 4.65. The van der Waals surface area contributed by atoms with E-state index >= 15 is 0 Å². The van der Waals surface area contributed by atoms with Crippen molar-refractivity contribution in [1.82, 2.24) is 5.32 Å². The van der Waals surface area contributed by atoms with Gasteiger partial charge in [-0.15, -0.1) is 0 Å². The average molecular weight is 342 g/mol. The van der Waals surface area contributed by atoms with E-state index in [0.29, 0.717) is 0 Å². The van der Waals surface area contributed by atoms with Crippen molar-refractivity contribution in [3.8, 4) is 11.5 Å². The molecule has 1 aromatic carbocycles. The van der Waals surface area contributed by atoms with Crippen molar-refractivity contribution >= 4 is 15.9 Å².